The van der Waals surface area contributed by atoms with Gasteiger partial charge in [-0.1, -0.05) is 53.0 Å². The van der Waals surface area contributed by atoms with Crippen LogP contribution < -0.4 is 5.32 Å². The number of hydrogen-bond donors (Lipinski definition) is 1. The molecule has 0 aliphatic carbocycles. The molecule has 1 aromatic carbocycles. The van der Waals surface area contributed by atoms with Gasteiger partial charge in [0.25, 0.3) is 5.91 Å². The summed E-state index contributed by atoms with van der Waals surface area (Å²) in [6.07, 6.45) is 1.40. The van der Waals surface area contributed by atoms with Crippen LogP contribution in [0.2, 0.25) is 10.2 Å². The summed E-state index contributed by atoms with van der Waals surface area (Å²) in [6.45, 7) is 2.48. The van der Waals surface area contributed by atoms with Crippen LogP contribution in [-0.2, 0) is 6.54 Å². The lowest BCUT2D eigenvalue weighted by molar-refractivity contribution is 0.0950. The zero-order chi connectivity index (χ0) is 13.8. The maximum Gasteiger partial charge on any atom is 0.253 e. The third-order valence-corrected chi connectivity index (χ3v) is 3.32. The van der Waals surface area contributed by atoms with Crippen molar-refractivity contribution in [2.24, 2.45) is 0 Å². The summed E-state index contributed by atoms with van der Waals surface area (Å²) in [5.74, 6) is -0.230. The van der Waals surface area contributed by atoms with E-state index in [4.69, 9.17) is 23.2 Å². The van der Waals surface area contributed by atoms with E-state index in [1.807, 2.05) is 31.2 Å². The first-order valence-corrected chi connectivity index (χ1v) is 6.46. The van der Waals surface area contributed by atoms with E-state index in [2.05, 4.69) is 10.3 Å². The normalized spacial score (nSPS) is 10.3. The zero-order valence-corrected chi connectivity index (χ0v) is 11.8. The van der Waals surface area contributed by atoms with Crippen LogP contribution >= 0.6 is 23.2 Å². The van der Waals surface area contributed by atoms with E-state index in [1.54, 1.807) is 0 Å². The summed E-state index contributed by atoms with van der Waals surface area (Å²) in [6, 6.07) is 9.46. The molecule has 2 aromatic rings. The smallest absolute Gasteiger partial charge is 0.253 e. The molecule has 0 saturated carbocycles. The molecule has 19 heavy (non-hydrogen) atoms. The Hall–Kier alpha value is -1.58. The molecule has 1 aromatic heterocycles. The van der Waals surface area contributed by atoms with Gasteiger partial charge in [0.05, 0.1) is 10.6 Å². The number of amides is 1. The van der Waals surface area contributed by atoms with Gasteiger partial charge in [-0.15, -0.1) is 0 Å². The minimum Gasteiger partial charge on any atom is -0.348 e. The molecule has 0 atom stereocenters. The number of aromatic nitrogens is 1. The summed E-state index contributed by atoms with van der Waals surface area (Å²) in [7, 11) is 0. The molecule has 0 fully saturated rings. The molecule has 1 amide bonds. The fraction of sp³-hybridized carbons (Fsp3) is 0.143. The molecular weight excluding hydrogens is 283 g/mol. The Morgan fingerprint density at radius 1 is 1.26 bits per heavy atom. The number of pyridine rings is 1. The Kier molecular flexibility index (Phi) is 4.40. The van der Waals surface area contributed by atoms with Crippen molar-refractivity contribution in [1.82, 2.24) is 10.3 Å². The van der Waals surface area contributed by atoms with Crippen LogP contribution in [0.15, 0.2) is 36.5 Å². The molecule has 3 nitrogen and oxygen atoms in total. The van der Waals surface area contributed by atoms with Crippen LogP contribution in [0.1, 0.15) is 21.5 Å². The number of aryl methyl sites for hydroxylation is 1. The van der Waals surface area contributed by atoms with Crippen molar-refractivity contribution < 1.29 is 4.79 Å². The Morgan fingerprint density at radius 3 is 2.58 bits per heavy atom. The second kappa shape index (κ2) is 6.04. The number of carbonyl (C=O) groups excluding carboxylic acids is 1. The molecule has 0 bridgehead atoms. The number of carbonyl (C=O) groups is 1. The molecule has 0 radical (unpaired) electrons. The summed E-state index contributed by atoms with van der Waals surface area (Å²) < 4.78 is 0. The predicted octanol–water partition coefficient (Wildman–Crippen LogP) is 3.63. The quantitative estimate of drug-likeness (QED) is 0.879. The van der Waals surface area contributed by atoms with Crippen LogP contribution in [0.5, 0.6) is 0 Å². The lowest BCUT2D eigenvalue weighted by Crippen LogP contribution is -2.22. The maximum absolute atomic E-state index is 11.9. The minimum absolute atomic E-state index is 0.191. The average Bonchev–Trinajstić information content (AvgIpc) is 2.41. The van der Waals surface area contributed by atoms with E-state index < -0.39 is 0 Å². The highest BCUT2D eigenvalue weighted by Gasteiger charge is 2.08. The van der Waals surface area contributed by atoms with Crippen molar-refractivity contribution in [3.8, 4) is 0 Å². The molecule has 98 valence electrons. The number of halogens is 2. The third-order valence-electron chi connectivity index (χ3n) is 2.63. The first-order chi connectivity index (χ1) is 9.06. The summed E-state index contributed by atoms with van der Waals surface area (Å²) >= 11 is 11.5. The highest BCUT2D eigenvalue weighted by Crippen LogP contribution is 2.19. The number of nitrogens with zero attached hydrogens (tertiary/aromatic N) is 1. The summed E-state index contributed by atoms with van der Waals surface area (Å²) in [4.78, 5) is 15.7. The number of hydrogen-bond acceptors (Lipinski definition) is 2. The molecule has 0 unspecified atom stereocenters. The number of nitrogens with one attached hydrogen (secondary N) is 1. The third kappa shape index (κ3) is 3.69. The van der Waals surface area contributed by atoms with Crippen LogP contribution in [0.3, 0.4) is 0 Å². The number of rotatable bonds is 3. The van der Waals surface area contributed by atoms with Gasteiger partial charge in [0, 0.05) is 12.7 Å². The molecule has 5 heteroatoms. The standard InChI is InChI=1S/C14H12Cl2N2O/c1-9-2-4-10(5-3-9)7-18-14(19)11-6-12(15)13(16)17-8-11/h2-6,8H,7H2,1H3,(H,18,19). The Labute approximate surface area is 121 Å². The Balaban J connectivity index is 2.01. The predicted molar refractivity (Wildman–Crippen MR) is 76.6 cm³/mol. The molecule has 1 N–H and O–H groups in total. The van der Waals surface area contributed by atoms with Gasteiger partial charge in [0.1, 0.15) is 5.15 Å². The topological polar surface area (TPSA) is 42.0 Å². The molecule has 0 aliphatic rings. The van der Waals surface area contributed by atoms with Crippen molar-refractivity contribution >= 4 is 29.1 Å². The van der Waals surface area contributed by atoms with E-state index in [0.29, 0.717) is 12.1 Å². The van der Waals surface area contributed by atoms with Gasteiger partial charge in [-0.25, -0.2) is 4.98 Å². The van der Waals surface area contributed by atoms with E-state index >= 15 is 0 Å². The Morgan fingerprint density at radius 2 is 1.95 bits per heavy atom. The van der Waals surface area contributed by atoms with Gasteiger partial charge in [0.2, 0.25) is 0 Å². The molecule has 0 aliphatic heterocycles. The van der Waals surface area contributed by atoms with Crippen molar-refractivity contribution in [3.05, 3.63) is 63.4 Å². The van der Waals surface area contributed by atoms with E-state index in [0.717, 1.165) is 5.56 Å². The van der Waals surface area contributed by atoms with Crippen molar-refractivity contribution in [2.45, 2.75) is 13.5 Å². The SMILES string of the molecule is Cc1ccc(CNC(=O)c2cnc(Cl)c(Cl)c2)cc1. The molecule has 2 rings (SSSR count). The van der Waals surface area contributed by atoms with E-state index in [-0.39, 0.29) is 16.1 Å². The van der Waals surface area contributed by atoms with E-state index in [1.165, 1.54) is 17.8 Å². The second-order valence-electron chi connectivity index (χ2n) is 4.16. The van der Waals surface area contributed by atoms with Crippen LogP contribution in [-0.4, -0.2) is 10.9 Å². The summed E-state index contributed by atoms with van der Waals surface area (Å²) in [5.41, 5.74) is 2.61. The van der Waals surface area contributed by atoms with Gasteiger partial charge in [-0.05, 0) is 18.6 Å². The fourth-order valence-corrected chi connectivity index (χ4v) is 1.81. The van der Waals surface area contributed by atoms with Gasteiger partial charge < -0.3 is 5.32 Å². The van der Waals surface area contributed by atoms with Crippen molar-refractivity contribution in [3.63, 3.8) is 0 Å². The zero-order valence-electron chi connectivity index (χ0n) is 10.3. The lowest BCUT2D eigenvalue weighted by Gasteiger charge is -2.06. The Bertz CT molecular complexity index is 597. The van der Waals surface area contributed by atoms with Gasteiger partial charge in [-0.3, -0.25) is 4.79 Å². The van der Waals surface area contributed by atoms with Crippen LogP contribution in [0.4, 0.5) is 0 Å². The minimum atomic E-state index is -0.230. The first kappa shape index (κ1) is 13.8. The van der Waals surface area contributed by atoms with Crippen molar-refractivity contribution in [2.75, 3.05) is 0 Å². The second-order valence-corrected chi connectivity index (χ2v) is 4.93. The largest absolute Gasteiger partial charge is 0.348 e. The van der Waals surface area contributed by atoms with Crippen molar-refractivity contribution in [1.29, 1.82) is 0 Å². The molecule has 0 saturated heterocycles. The molecule has 0 spiro atoms. The van der Waals surface area contributed by atoms with Gasteiger partial charge in [-0.2, -0.15) is 0 Å². The molecular formula is C14H12Cl2N2O. The maximum atomic E-state index is 11.9. The van der Waals surface area contributed by atoms with Gasteiger partial charge in [0.15, 0.2) is 0 Å². The monoisotopic (exact) mass is 294 g/mol. The highest BCUT2D eigenvalue weighted by atomic mass is 35.5. The van der Waals surface area contributed by atoms with Crippen LogP contribution in [0, 0.1) is 6.92 Å². The average molecular weight is 295 g/mol. The van der Waals surface area contributed by atoms with Crippen LogP contribution in [0.25, 0.3) is 0 Å². The highest BCUT2D eigenvalue weighted by molar-refractivity contribution is 6.41. The number of benzene rings is 1. The fourth-order valence-electron chi connectivity index (χ4n) is 1.54. The van der Waals surface area contributed by atoms with Gasteiger partial charge >= 0.3 is 0 Å². The summed E-state index contributed by atoms with van der Waals surface area (Å²) in [5, 5.41) is 3.26. The first-order valence-electron chi connectivity index (χ1n) is 5.71. The molecule has 1 heterocycles. The van der Waals surface area contributed by atoms with E-state index in [9.17, 15) is 4.79 Å². The lowest BCUT2D eigenvalue weighted by atomic mass is 10.1.